The van der Waals surface area contributed by atoms with Crippen molar-refractivity contribution in [3.8, 4) is 0 Å². The lowest BCUT2D eigenvalue weighted by Crippen LogP contribution is -2.69. The maximum absolute atomic E-state index is 12.9. The van der Waals surface area contributed by atoms with E-state index in [0.717, 1.165) is 30.7 Å². The van der Waals surface area contributed by atoms with Crippen LogP contribution in [0, 0.1) is 0 Å². The minimum absolute atomic E-state index is 0.0464. The molecule has 2 unspecified atom stereocenters. The van der Waals surface area contributed by atoms with Crippen molar-refractivity contribution in [1.29, 1.82) is 0 Å². The van der Waals surface area contributed by atoms with E-state index in [9.17, 15) is 9.59 Å². The Bertz CT molecular complexity index is 523. The van der Waals surface area contributed by atoms with Gasteiger partial charge in [-0.1, -0.05) is 12.8 Å². The van der Waals surface area contributed by atoms with Crippen molar-refractivity contribution in [3.05, 3.63) is 16.6 Å². The maximum atomic E-state index is 12.9. The fraction of sp³-hybridized carbons (Fsp3) is 0.643. The molecule has 3 rings (SSSR count). The Labute approximate surface area is 122 Å². The average Bonchev–Trinajstić information content (AvgIpc) is 3.09. The molecule has 2 fully saturated rings. The quantitative estimate of drug-likeness (QED) is 0.905. The first-order chi connectivity index (χ1) is 9.55. The molecule has 2 heterocycles. The number of amides is 2. The highest BCUT2D eigenvalue weighted by Crippen LogP contribution is 2.38. The third kappa shape index (κ3) is 1.93. The van der Waals surface area contributed by atoms with E-state index < -0.39 is 11.6 Å². The van der Waals surface area contributed by atoms with E-state index >= 15 is 0 Å². The summed E-state index contributed by atoms with van der Waals surface area (Å²) in [7, 11) is 0. The van der Waals surface area contributed by atoms with Crippen LogP contribution < -0.4 is 5.32 Å². The third-order valence-electron chi connectivity index (χ3n) is 4.49. The van der Waals surface area contributed by atoms with Crippen LogP contribution >= 0.6 is 11.3 Å². The second-order valence-electron chi connectivity index (χ2n) is 5.71. The second kappa shape index (κ2) is 4.84. The fourth-order valence-electron chi connectivity index (χ4n) is 3.33. The van der Waals surface area contributed by atoms with E-state index in [1.165, 1.54) is 11.3 Å². The first-order valence-electron chi connectivity index (χ1n) is 7.09. The predicted octanol–water partition coefficient (Wildman–Crippen LogP) is 1.86. The second-order valence-corrected chi connectivity index (χ2v) is 6.64. The molecular weight excluding hydrogens is 274 g/mol. The van der Waals surface area contributed by atoms with Gasteiger partial charge < -0.3 is 10.2 Å². The summed E-state index contributed by atoms with van der Waals surface area (Å²) in [6, 6.07) is -0.589. The van der Waals surface area contributed by atoms with Crippen LogP contribution in [-0.4, -0.2) is 33.3 Å². The van der Waals surface area contributed by atoms with Gasteiger partial charge in [0.2, 0.25) is 11.8 Å². The molecule has 1 saturated carbocycles. The van der Waals surface area contributed by atoms with Gasteiger partial charge in [-0.15, -0.1) is 11.3 Å². The standard InChI is InChI=1S/C14H19N3O2S/c1-9-11(18)16-14(5-3-4-6-14)13(19)17(9)10(2)12-15-7-8-20-12/h7-10H,3-6H2,1-2H3,(H,16,18). The number of rotatable bonds is 2. The molecule has 6 heteroatoms. The lowest BCUT2D eigenvalue weighted by atomic mass is 9.90. The summed E-state index contributed by atoms with van der Waals surface area (Å²) in [5, 5.41) is 5.76. The van der Waals surface area contributed by atoms with Crippen LogP contribution in [0.3, 0.4) is 0 Å². The summed E-state index contributed by atoms with van der Waals surface area (Å²) < 4.78 is 0. The number of nitrogens with one attached hydrogen (secondary N) is 1. The van der Waals surface area contributed by atoms with Crippen molar-refractivity contribution in [2.24, 2.45) is 0 Å². The van der Waals surface area contributed by atoms with E-state index in [1.54, 1.807) is 18.0 Å². The van der Waals surface area contributed by atoms with Crippen LogP contribution in [0.25, 0.3) is 0 Å². The Hall–Kier alpha value is -1.43. The molecule has 0 bridgehead atoms. The van der Waals surface area contributed by atoms with Gasteiger partial charge in [0.25, 0.3) is 0 Å². The summed E-state index contributed by atoms with van der Waals surface area (Å²) in [5.41, 5.74) is -0.658. The Morgan fingerprint density at radius 2 is 2.15 bits per heavy atom. The van der Waals surface area contributed by atoms with Gasteiger partial charge in [-0.25, -0.2) is 4.98 Å². The molecular formula is C14H19N3O2S. The molecule has 108 valence electrons. The van der Waals surface area contributed by atoms with Gasteiger partial charge in [0.15, 0.2) is 0 Å². The zero-order chi connectivity index (χ0) is 14.3. The molecule has 20 heavy (non-hydrogen) atoms. The van der Waals surface area contributed by atoms with Gasteiger partial charge in [0, 0.05) is 11.6 Å². The Kier molecular flexibility index (Phi) is 3.28. The Morgan fingerprint density at radius 3 is 2.75 bits per heavy atom. The Morgan fingerprint density at radius 1 is 1.45 bits per heavy atom. The van der Waals surface area contributed by atoms with Crippen LogP contribution in [0.4, 0.5) is 0 Å². The van der Waals surface area contributed by atoms with E-state index in [-0.39, 0.29) is 17.9 Å². The molecule has 1 aliphatic heterocycles. The molecule has 1 saturated heterocycles. The monoisotopic (exact) mass is 293 g/mol. The zero-order valence-corrected chi connectivity index (χ0v) is 12.6. The van der Waals surface area contributed by atoms with Crippen molar-refractivity contribution >= 4 is 23.2 Å². The number of thiazole rings is 1. The first-order valence-corrected chi connectivity index (χ1v) is 7.97. The number of hydrogen-bond donors (Lipinski definition) is 1. The molecule has 0 radical (unpaired) electrons. The normalized spacial score (nSPS) is 26.9. The molecule has 1 N–H and O–H groups in total. The van der Waals surface area contributed by atoms with E-state index in [2.05, 4.69) is 10.3 Å². The van der Waals surface area contributed by atoms with Crippen molar-refractivity contribution < 1.29 is 9.59 Å². The minimum atomic E-state index is -0.658. The van der Waals surface area contributed by atoms with Crippen molar-refractivity contribution in [2.45, 2.75) is 57.2 Å². The highest BCUT2D eigenvalue weighted by molar-refractivity contribution is 7.09. The number of aromatic nitrogens is 1. The van der Waals surface area contributed by atoms with Gasteiger partial charge in [0.05, 0.1) is 6.04 Å². The average molecular weight is 293 g/mol. The van der Waals surface area contributed by atoms with Gasteiger partial charge in [-0.05, 0) is 26.7 Å². The minimum Gasteiger partial charge on any atom is -0.340 e. The zero-order valence-electron chi connectivity index (χ0n) is 11.8. The van der Waals surface area contributed by atoms with Gasteiger partial charge in [-0.2, -0.15) is 0 Å². The lowest BCUT2D eigenvalue weighted by molar-refractivity contribution is -0.156. The SMILES string of the molecule is CC1C(=O)NC2(CCCC2)C(=O)N1C(C)c1nccs1. The highest BCUT2D eigenvalue weighted by atomic mass is 32.1. The van der Waals surface area contributed by atoms with Crippen LogP contribution in [0.15, 0.2) is 11.6 Å². The summed E-state index contributed by atoms with van der Waals surface area (Å²) >= 11 is 1.52. The topological polar surface area (TPSA) is 62.3 Å². The van der Waals surface area contributed by atoms with Crippen LogP contribution in [0.1, 0.15) is 50.6 Å². The predicted molar refractivity (Wildman–Crippen MR) is 76.2 cm³/mol. The van der Waals surface area contributed by atoms with Crippen molar-refractivity contribution in [1.82, 2.24) is 15.2 Å². The molecule has 5 nitrogen and oxygen atoms in total. The molecule has 0 aromatic carbocycles. The first kappa shape index (κ1) is 13.5. The number of carbonyl (C=O) groups excluding carboxylic acids is 2. The van der Waals surface area contributed by atoms with E-state index in [1.807, 2.05) is 12.3 Å². The molecule has 2 amide bonds. The molecule has 1 spiro atoms. The smallest absolute Gasteiger partial charge is 0.249 e. The van der Waals surface area contributed by atoms with Gasteiger partial charge in [-0.3, -0.25) is 9.59 Å². The summed E-state index contributed by atoms with van der Waals surface area (Å²) in [4.78, 5) is 31.2. The van der Waals surface area contributed by atoms with Gasteiger partial charge in [0.1, 0.15) is 16.6 Å². The molecule has 1 aliphatic carbocycles. The van der Waals surface area contributed by atoms with Crippen molar-refractivity contribution in [2.75, 3.05) is 0 Å². The molecule has 1 aromatic rings. The molecule has 2 aliphatic rings. The van der Waals surface area contributed by atoms with Crippen LogP contribution in [-0.2, 0) is 9.59 Å². The van der Waals surface area contributed by atoms with E-state index in [0.29, 0.717) is 0 Å². The Balaban J connectivity index is 1.94. The number of piperazine rings is 1. The van der Waals surface area contributed by atoms with Gasteiger partial charge >= 0.3 is 0 Å². The maximum Gasteiger partial charge on any atom is 0.249 e. The number of nitrogens with zero attached hydrogens (tertiary/aromatic N) is 2. The van der Waals surface area contributed by atoms with Crippen molar-refractivity contribution in [3.63, 3.8) is 0 Å². The number of hydrogen-bond acceptors (Lipinski definition) is 4. The molecule has 2 atom stereocenters. The van der Waals surface area contributed by atoms with Crippen LogP contribution in [0.2, 0.25) is 0 Å². The molecule has 1 aromatic heterocycles. The van der Waals surface area contributed by atoms with E-state index in [4.69, 9.17) is 0 Å². The summed E-state index contributed by atoms with van der Waals surface area (Å²) in [5.74, 6) is 0.0136. The fourth-order valence-corrected chi connectivity index (χ4v) is 4.02. The largest absolute Gasteiger partial charge is 0.340 e. The number of carbonyl (C=O) groups is 2. The summed E-state index contributed by atoms with van der Waals surface area (Å²) in [6.07, 6.45) is 5.25. The van der Waals surface area contributed by atoms with Crippen LogP contribution in [0.5, 0.6) is 0 Å². The third-order valence-corrected chi connectivity index (χ3v) is 5.43. The summed E-state index contributed by atoms with van der Waals surface area (Å²) in [6.45, 7) is 3.74. The lowest BCUT2D eigenvalue weighted by Gasteiger charge is -2.45. The highest BCUT2D eigenvalue weighted by Gasteiger charge is 2.52.